The number of sulfonamides is 1. The summed E-state index contributed by atoms with van der Waals surface area (Å²) < 4.78 is 26.1. The second kappa shape index (κ2) is 6.23. The molecule has 9 heteroatoms. The maximum atomic E-state index is 12.0. The number of piperazine rings is 1. The third kappa shape index (κ3) is 3.48. The van der Waals surface area contributed by atoms with Crippen LogP contribution < -0.4 is 5.32 Å². The van der Waals surface area contributed by atoms with Crippen molar-refractivity contribution >= 4 is 37.7 Å². The first kappa shape index (κ1) is 15.9. The molecule has 0 bridgehead atoms. The van der Waals surface area contributed by atoms with E-state index in [1.807, 2.05) is 11.0 Å². The second-order valence-corrected chi connectivity index (χ2v) is 8.47. The summed E-state index contributed by atoms with van der Waals surface area (Å²) in [5.74, 6) is 0.597. The predicted octanol–water partition coefficient (Wildman–Crippen LogP) is 0.502. The number of fused-ring (bicyclic) bond motifs is 1. The van der Waals surface area contributed by atoms with E-state index >= 15 is 0 Å². The van der Waals surface area contributed by atoms with Crippen LogP contribution in [-0.2, 0) is 14.8 Å². The average molecular weight is 389 g/mol. The highest BCUT2D eigenvalue weighted by atomic mass is 79.9. The summed E-state index contributed by atoms with van der Waals surface area (Å²) in [6.45, 7) is 1.91. The number of pyridine rings is 1. The molecule has 2 aliphatic heterocycles. The fourth-order valence-electron chi connectivity index (χ4n) is 2.89. The van der Waals surface area contributed by atoms with Gasteiger partial charge in [0.1, 0.15) is 5.82 Å². The molecule has 1 N–H and O–H groups in total. The fourth-order valence-corrected chi connectivity index (χ4v) is 4.91. The van der Waals surface area contributed by atoms with Crippen molar-refractivity contribution in [3.8, 4) is 0 Å². The van der Waals surface area contributed by atoms with Crippen LogP contribution in [-0.4, -0.2) is 66.5 Å². The van der Waals surface area contributed by atoms with Crippen LogP contribution in [0.5, 0.6) is 0 Å². The number of rotatable bonds is 3. The quantitative estimate of drug-likeness (QED) is 0.815. The summed E-state index contributed by atoms with van der Waals surface area (Å²) >= 11 is 3.29. The van der Waals surface area contributed by atoms with Crippen LogP contribution in [0.1, 0.15) is 6.42 Å². The zero-order valence-electron chi connectivity index (χ0n) is 11.9. The monoisotopic (exact) mass is 388 g/mol. The Kier molecular flexibility index (Phi) is 4.49. The highest BCUT2D eigenvalue weighted by Crippen LogP contribution is 2.24. The molecule has 3 heterocycles. The number of nitrogens with one attached hydrogen (secondary N) is 1. The van der Waals surface area contributed by atoms with Crippen molar-refractivity contribution in [1.82, 2.24) is 14.2 Å². The van der Waals surface area contributed by atoms with Gasteiger partial charge in [-0.05, 0) is 34.5 Å². The van der Waals surface area contributed by atoms with Gasteiger partial charge in [0, 0.05) is 36.3 Å². The Morgan fingerprint density at radius 2 is 2.23 bits per heavy atom. The Morgan fingerprint density at radius 1 is 1.41 bits per heavy atom. The highest BCUT2D eigenvalue weighted by molar-refractivity contribution is 9.10. The highest BCUT2D eigenvalue weighted by Gasteiger charge is 2.40. The summed E-state index contributed by atoms with van der Waals surface area (Å²) in [4.78, 5) is 18.1. The van der Waals surface area contributed by atoms with Crippen LogP contribution in [0.15, 0.2) is 22.8 Å². The lowest BCUT2D eigenvalue weighted by Crippen LogP contribution is -2.52. The first-order chi connectivity index (χ1) is 10.4. The standard InChI is InChI=1S/C13H17BrN4O3S/c14-10-1-2-12(15-7-10)16-13(19)9-17-4-5-18-11(8-17)3-6-22(18,20)21/h1-2,7,11H,3-6,8-9H2,(H,15,16,19)/t11-/m0/s1. The zero-order chi connectivity index (χ0) is 15.7. The first-order valence-corrected chi connectivity index (χ1v) is 9.47. The molecule has 2 saturated heterocycles. The van der Waals surface area contributed by atoms with Gasteiger partial charge in [-0.3, -0.25) is 9.69 Å². The van der Waals surface area contributed by atoms with Gasteiger partial charge >= 0.3 is 0 Å². The van der Waals surface area contributed by atoms with Crippen molar-refractivity contribution in [1.29, 1.82) is 0 Å². The molecule has 3 rings (SSSR count). The average Bonchev–Trinajstić information content (AvgIpc) is 2.77. The van der Waals surface area contributed by atoms with Gasteiger partial charge in [-0.2, -0.15) is 4.31 Å². The SMILES string of the molecule is O=C(CN1CCN2[C@@H](CCS2(=O)=O)C1)Nc1ccc(Br)cn1. The minimum absolute atomic E-state index is 0.0114. The number of carbonyl (C=O) groups is 1. The topological polar surface area (TPSA) is 82.6 Å². The summed E-state index contributed by atoms with van der Waals surface area (Å²) in [5.41, 5.74) is 0. The maximum absolute atomic E-state index is 12.0. The van der Waals surface area contributed by atoms with E-state index in [-0.39, 0.29) is 24.2 Å². The molecule has 0 radical (unpaired) electrons. The minimum atomic E-state index is -3.06. The molecule has 120 valence electrons. The molecule has 22 heavy (non-hydrogen) atoms. The van der Waals surface area contributed by atoms with Crippen molar-refractivity contribution < 1.29 is 13.2 Å². The molecule has 0 aromatic carbocycles. The predicted molar refractivity (Wildman–Crippen MR) is 85.9 cm³/mol. The van der Waals surface area contributed by atoms with Crippen molar-refractivity contribution in [2.75, 3.05) is 37.2 Å². The smallest absolute Gasteiger partial charge is 0.239 e. The number of carbonyl (C=O) groups excluding carboxylic acids is 1. The van der Waals surface area contributed by atoms with Gasteiger partial charge in [0.15, 0.2) is 0 Å². The summed E-state index contributed by atoms with van der Waals surface area (Å²) in [7, 11) is -3.06. The number of hydrogen-bond donors (Lipinski definition) is 1. The van der Waals surface area contributed by atoms with Crippen LogP contribution in [0.25, 0.3) is 0 Å². The molecule has 1 amide bonds. The molecular weight excluding hydrogens is 372 g/mol. The van der Waals surface area contributed by atoms with Gasteiger partial charge < -0.3 is 5.32 Å². The third-order valence-electron chi connectivity index (χ3n) is 3.94. The molecule has 0 spiro atoms. The number of aromatic nitrogens is 1. The number of nitrogens with zero attached hydrogens (tertiary/aromatic N) is 3. The molecule has 1 aromatic heterocycles. The van der Waals surface area contributed by atoms with Crippen molar-refractivity contribution in [3.63, 3.8) is 0 Å². The Bertz CT molecular complexity index is 664. The maximum Gasteiger partial charge on any atom is 0.239 e. The van der Waals surface area contributed by atoms with E-state index < -0.39 is 10.0 Å². The van der Waals surface area contributed by atoms with Crippen LogP contribution in [0.2, 0.25) is 0 Å². The lowest BCUT2D eigenvalue weighted by Gasteiger charge is -2.35. The summed E-state index contributed by atoms with van der Waals surface area (Å²) in [5, 5.41) is 2.75. The zero-order valence-corrected chi connectivity index (χ0v) is 14.3. The normalized spacial score (nSPS) is 24.9. The van der Waals surface area contributed by atoms with Crippen LogP contribution in [0.3, 0.4) is 0 Å². The van der Waals surface area contributed by atoms with Gasteiger partial charge in [0.05, 0.1) is 12.3 Å². The third-order valence-corrected chi connectivity index (χ3v) is 6.36. The Labute approximate surface area is 137 Å². The van der Waals surface area contributed by atoms with Gasteiger partial charge in [0.2, 0.25) is 15.9 Å². The summed E-state index contributed by atoms with van der Waals surface area (Å²) in [6, 6.07) is 3.55. The number of hydrogen-bond acceptors (Lipinski definition) is 5. The Hall–Kier alpha value is -1.03. The van der Waals surface area contributed by atoms with Crippen LogP contribution >= 0.6 is 15.9 Å². The van der Waals surface area contributed by atoms with E-state index in [0.29, 0.717) is 31.9 Å². The fraction of sp³-hybridized carbons (Fsp3) is 0.538. The molecule has 0 unspecified atom stereocenters. The number of anilines is 1. The minimum Gasteiger partial charge on any atom is -0.310 e. The van der Waals surface area contributed by atoms with Crippen molar-refractivity contribution in [3.05, 3.63) is 22.8 Å². The van der Waals surface area contributed by atoms with Gasteiger partial charge in [-0.15, -0.1) is 0 Å². The second-order valence-electron chi connectivity index (χ2n) is 5.51. The molecule has 2 aliphatic rings. The molecule has 1 atom stereocenters. The van der Waals surface area contributed by atoms with Gasteiger partial charge in [-0.25, -0.2) is 13.4 Å². The Balaban J connectivity index is 1.54. The molecule has 0 saturated carbocycles. The lowest BCUT2D eigenvalue weighted by molar-refractivity contribution is -0.117. The van der Waals surface area contributed by atoms with Crippen molar-refractivity contribution in [2.24, 2.45) is 0 Å². The van der Waals surface area contributed by atoms with Crippen molar-refractivity contribution in [2.45, 2.75) is 12.5 Å². The van der Waals surface area contributed by atoms with Crippen LogP contribution in [0, 0.1) is 0 Å². The molecule has 2 fully saturated rings. The number of halogens is 1. The van der Waals surface area contributed by atoms with E-state index in [1.165, 1.54) is 0 Å². The molecule has 0 aliphatic carbocycles. The molecule has 7 nitrogen and oxygen atoms in total. The number of amides is 1. The molecular formula is C13H17BrN4O3S. The van der Waals surface area contributed by atoms with E-state index in [2.05, 4.69) is 26.2 Å². The van der Waals surface area contributed by atoms with Gasteiger partial charge in [0.25, 0.3) is 0 Å². The molecule has 1 aromatic rings. The largest absolute Gasteiger partial charge is 0.310 e. The first-order valence-electron chi connectivity index (χ1n) is 7.07. The Morgan fingerprint density at radius 3 is 2.95 bits per heavy atom. The van der Waals surface area contributed by atoms with E-state index in [0.717, 1.165) is 4.47 Å². The summed E-state index contributed by atoms with van der Waals surface area (Å²) in [6.07, 6.45) is 2.27. The van der Waals surface area contributed by atoms with E-state index in [1.54, 1.807) is 16.6 Å². The van der Waals surface area contributed by atoms with Crippen LogP contribution in [0.4, 0.5) is 5.82 Å². The lowest BCUT2D eigenvalue weighted by atomic mass is 10.1. The van der Waals surface area contributed by atoms with E-state index in [4.69, 9.17) is 0 Å². The van der Waals surface area contributed by atoms with E-state index in [9.17, 15) is 13.2 Å². The van der Waals surface area contributed by atoms with Gasteiger partial charge in [-0.1, -0.05) is 0 Å².